The van der Waals surface area contributed by atoms with Crippen molar-refractivity contribution in [2.45, 2.75) is 31.3 Å². The van der Waals surface area contributed by atoms with E-state index in [4.69, 9.17) is 5.11 Å². The van der Waals surface area contributed by atoms with Crippen LogP contribution in [0.15, 0.2) is 28.7 Å². The van der Waals surface area contributed by atoms with Crippen LogP contribution in [0.25, 0.3) is 0 Å². The highest BCUT2D eigenvalue weighted by Gasteiger charge is 2.26. The van der Waals surface area contributed by atoms with Crippen LogP contribution in [0.1, 0.15) is 30.9 Å². The summed E-state index contributed by atoms with van der Waals surface area (Å²) < 4.78 is 1.03. The van der Waals surface area contributed by atoms with Gasteiger partial charge in [0.2, 0.25) is 0 Å². The summed E-state index contributed by atoms with van der Waals surface area (Å²) in [6.45, 7) is 0. The molecular formula is C12H14BrNO2. The normalized spacial score (nSPS) is 25.3. The van der Waals surface area contributed by atoms with Crippen molar-refractivity contribution < 1.29 is 9.90 Å². The Balaban J connectivity index is 2.12. The summed E-state index contributed by atoms with van der Waals surface area (Å²) >= 11 is 3.43. The lowest BCUT2D eigenvalue weighted by Crippen LogP contribution is -2.42. The lowest BCUT2D eigenvalue weighted by molar-refractivity contribution is -0.140. The topological polar surface area (TPSA) is 49.3 Å². The van der Waals surface area contributed by atoms with Crippen molar-refractivity contribution in [2.24, 2.45) is 0 Å². The molecule has 0 bridgehead atoms. The maximum atomic E-state index is 10.9. The molecule has 16 heavy (non-hydrogen) atoms. The van der Waals surface area contributed by atoms with E-state index in [-0.39, 0.29) is 6.04 Å². The minimum Gasteiger partial charge on any atom is -0.480 e. The van der Waals surface area contributed by atoms with E-state index in [1.807, 2.05) is 24.3 Å². The molecule has 4 heteroatoms. The standard InChI is InChI=1S/C12H14BrNO2/c13-9-4-1-3-8(7-9)10-5-2-6-11(14-10)12(15)16/h1,3-4,7,10-11,14H,2,5-6H2,(H,15,16). The third-order valence-corrected chi connectivity index (χ3v) is 3.43. The average molecular weight is 284 g/mol. The predicted octanol–water partition coefficient (Wildman–Crippen LogP) is 2.72. The molecular weight excluding hydrogens is 270 g/mol. The smallest absolute Gasteiger partial charge is 0.320 e. The number of hydrogen-bond donors (Lipinski definition) is 2. The van der Waals surface area contributed by atoms with Crippen molar-refractivity contribution in [1.82, 2.24) is 5.32 Å². The van der Waals surface area contributed by atoms with E-state index < -0.39 is 12.0 Å². The highest BCUT2D eigenvalue weighted by molar-refractivity contribution is 9.10. The number of rotatable bonds is 2. The second-order valence-corrected chi connectivity index (χ2v) is 5.01. The summed E-state index contributed by atoms with van der Waals surface area (Å²) in [6.07, 6.45) is 2.68. The molecule has 1 heterocycles. The molecule has 0 aliphatic carbocycles. The third kappa shape index (κ3) is 2.62. The molecule has 0 radical (unpaired) electrons. The Labute approximate surface area is 103 Å². The van der Waals surface area contributed by atoms with Crippen LogP contribution in [0.5, 0.6) is 0 Å². The molecule has 1 saturated heterocycles. The first-order valence-electron chi connectivity index (χ1n) is 5.41. The van der Waals surface area contributed by atoms with Crippen LogP contribution in [0.4, 0.5) is 0 Å². The molecule has 0 amide bonds. The molecule has 1 aromatic carbocycles. The van der Waals surface area contributed by atoms with Gasteiger partial charge in [-0.25, -0.2) is 0 Å². The van der Waals surface area contributed by atoms with E-state index in [1.165, 1.54) is 0 Å². The van der Waals surface area contributed by atoms with E-state index in [1.54, 1.807) is 0 Å². The van der Waals surface area contributed by atoms with Crippen LogP contribution in [0.3, 0.4) is 0 Å². The van der Waals surface area contributed by atoms with Gasteiger partial charge in [-0.1, -0.05) is 28.1 Å². The largest absolute Gasteiger partial charge is 0.480 e. The fourth-order valence-electron chi connectivity index (χ4n) is 2.12. The van der Waals surface area contributed by atoms with Gasteiger partial charge in [0.15, 0.2) is 0 Å². The first-order valence-corrected chi connectivity index (χ1v) is 6.20. The summed E-state index contributed by atoms with van der Waals surface area (Å²) in [5, 5.41) is 12.2. The molecule has 2 N–H and O–H groups in total. The second-order valence-electron chi connectivity index (χ2n) is 4.10. The Bertz CT molecular complexity index is 394. The third-order valence-electron chi connectivity index (χ3n) is 2.94. The fraction of sp³-hybridized carbons (Fsp3) is 0.417. The van der Waals surface area contributed by atoms with E-state index >= 15 is 0 Å². The first kappa shape index (κ1) is 11.6. The zero-order valence-corrected chi connectivity index (χ0v) is 10.4. The van der Waals surface area contributed by atoms with Crippen molar-refractivity contribution in [3.8, 4) is 0 Å². The van der Waals surface area contributed by atoms with Crippen LogP contribution in [0.2, 0.25) is 0 Å². The van der Waals surface area contributed by atoms with Crippen LogP contribution >= 0.6 is 15.9 Å². The summed E-state index contributed by atoms with van der Waals surface area (Å²) in [4.78, 5) is 10.9. The van der Waals surface area contributed by atoms with Gasteiger partial charge in [0.1, 0.15) is 6.04 Å². The van der Waals surface area contributed by atoms with Gasteiger partial charge in [-0.3, -0.25) is 10.1 Å². The summed E-state index contributed by atoms with van der Waals surface area (Å²) in [7, 11) is 0. The van der Waals surface area contributed by atoms with Crippen LogP contribution in [-0.4, -0.2) is 17.1 Å². The van der Waals surface area contributed by atoms with Gasteiger partial charge in [0.25, 0.3) is 0 Å². The van der Waals surface area contributed by atoms with E-state index in [9.17, 15) is 4.79 Å². The molecule has 2 rings (SSSR count). The molecule has 3 nitrogen and oxygen atoms in total. The van der Waals surface area contributed by atoms with Gasteiger partial charge in [0.05, 0.1) is 0 Å². The molecule has 0 aromatic heterocycles. The predicted molar refractivity (Wildman–Crippen MR) is 65.3 cm³/mol. The Morgan fingerprint density at radius 3 is 2.94 bits per heavy atom. The molecule has 2 atom stereocenters. The summed E-state index contributed by atoms with van der Waals surface area (Å²) in [5.41, 5.74) is 1.15. The number of aliphatic carboxylic acids is 1. The van der Waals surface area contributed by atoms with Crippen molar-refractivity contribution in [1.29, 1.82) is 0 Å². The van der Waals surface area contributed by atoms with Gasteiger partial charge in [-0.2, -0.15) is 0 Å². The van der Waals surface area contributed by atoms with Gasteiger partial charge in [-0.15, -0.1) is 0 Å². The highest BCUT2D eigenvalue weighted by atomic mass is 79.9. The molecule has 1 aliphatic heterocycles. The Morgan fingerprint density at radius 1 is 1.44 bits per heavy atom. The van der Waals surface area contributed by atoms with Gasteiger partial charge < -0.3 is 5.11 Å². The van der Waals surface area contributed by atoms with Gasteiger partial charge >= 0.3 is 5.97 Å². The van der Waals surface area contributed by atoms with E-state index in [0.717, 1.165) is 29.3 Å². The number of hydrogen-bond acceptors (Lipinski definition) is 2. The number of halogens is 1. The SMILES string of the molecule is O=C(O)C1CCCC(c2cccc(Br)c2)N1. The zero-order valence-electron chi connectivity index (χ0n) is 8.82. The molecule has 86 valence electrons. The lowest BCUT2D eigenvalue weighted by atomic mass is 9.93. The maximum absolute atomic E-state index is 10.9. The molecule has 0 saturated carbocycles. The Morgan fingerprint density at radius 2 is 2.25 bits per heavy atom. The number of piperidine rings is 1. The lowest BCUT2D eigenvalue weighted by Gasteiger charge is -2.29. The maximum Gasteiger partial charge on any atom is 0.320 e. The molecule has 2 unspecified atom stereocenters. The van der Waals surface area contributed by atoms with Crippen LogP contribution in [-0.2, 0) is 4.79 Å². The average Bonchev–Trinajstić information content (AvgIpc) is 2.29. The summed E-state index contributed by atoms with van der Waals surface area (Å²) in [6, 6.07) is 7.78. The van der Waals surface area contributed by atoms with Gasteiger partial charge in [-0.05, 0) is 37.0 Å². The highest BCUT2D eigenvalue weighted by Crippen LogP contribution is 2.27. The molecule has 1 aromatic rings. The number of nitrogens with one attached hydrogen (secondary N) is 1. The van der Waals surface area contributed by atoms with Crippen LogP contribution < -0.4 is 5.32 Å². The number of carboxylic acid groups (broad SMARTS) is 1. The van der Waals surface area contributed by atoms with Crippen molar-refractivity contribution in [3.05, 3.63) is 34.3 Å². The minimum absolute atomic E-state index is 0.160. The first-order chi connectivity index (χ1) is 7.66. The quantitative estimate of drug-likeness (QED) is 0.878. The Kier molecular flexibility index (Phi) is 3.61. The number of carbonyl (C=O) groups is 1. The monoisotopic (exact) mass is 283 g/mol. The summed E-state index contributed by atoms with van der Waals surface area (Å²) in [5.74, 6) is -0.750. The van der Waals surface area contributed by atoms with E-state index in [2.05, 4.69) is 21.2 Å². The zero-order chi connectivity index (χ0) is 11.5. The van der Waals surface area contributed by atoms with Crippen LogP contribution in [0, 0.1) is 0 Å². The van der Waals surface area contributed by atoms with E-state index in [0.29, 0.717) is 0 Å². The molecule has 1 aliphatic rings. The molecule has 1 fully saturated rings. The number of benzene rings is 1. The molecule has 0 spiro atoms. The Hall–Kier alpha value is -0.870. The number of carboxylic acids is 1. The van der Waals surface area contributed by atoms with Crippen molar-refractivity contribution >= 4 is 21.9 Å². The minimum atomic E-state index is -0.750. The fourth-order valence-corrected chi connectivity index (χ4v) is 2.53. The van der Waals surface area contributed by atoms with Gasteiger partial charge in [0, 0.05) is 10.5 Å². The second kappa shape index (κ2) is 4.97. The van der Waals surface area contributed by atoms with Crippen molar-refractivity contribution in [3.63, 3.8) is 0 Å². The van der Waals surface area contributed by atoms with Crippen molar-refractivity contribution in [2.75, 3.05) is 0 Å².